The van der Waals surface area contributed by atoms with E-state index in [0.29, 0.717) is 37.9 Å². The van der Waals surface area contributed by atoms with Crippen LogP contribution in [0.3, 0.4) is 0 Å². The predicted octanol–water partition coefficient (Wildman–Crippen LogP) is 3.39. The van der Waals surface area contributed by atoms with Crippen LogP contribution < -0.4 is 5.32 Å². The molecule has 2 aromatic rings. The number of aromatic nitrogens is 1. The molecule has 3 rings (SSSR count). The van der Waals surface area contributed by atoms with E-state index < -0.39 is 0 Å². The number of carbonyl (C=O) groups is 3. The van der Waals surface area contributed by atoms with Gasteiger partial charge in [-0.05, 0) is 41.6 Å². The monoisotopic (exact) mass is 574 g/mol. The maximum atomic E-state index is 12.4. The molecule has 1 fully saturated rings. The molecule has 1 aromatic carbocycles. The van der Waals surface area contributed by atoms with E-state index in [1.807, 2.05) is 29.6 Å². The number of carbonyl (C=O) groups excluding carboxylic acids is 3. The maximum absolute atomic E-state index is 12.4. The normalized spacial score (nSPS) is 13.7. The highest BCUT2D eigenvalue weighted by atomic mass is 127. The van der Waals surface area contributed by atoms with E-state index in [-0.39, 0.29) is 29.4 Å². The minimum Gasteiger partial charge on any atom is -0.450 e. The van der Waals surface area contributed by atoms with Gasteiger partial charge in [0.1, 0.15) is 0 Å². The van der Waals surface area contributed by atoms with Gasteiger partial charge in [-0.2, -0.15) is 0 Å². The van der Waals surface area contributed by atoms with Crippen molar-refractivity contribution in [3.8, 4) is 11.3 Å². The summed E-state index contributed by atoms with van der Waals surface area (Å²) in [5.74, 6) is 0.177. The quantitative estimate of drug-likeness (QED) is 0.510. The van der Waals surface area contributed by atoms with E-state index >= 15 is 0 Å². The molecule has 0 radical (unpaired) electrons. The second-order valence-electron chi connectivity index (χ2n) is 6.65. The number of halogens is 1. The van der Waals surface area contributed by atoms with E-state index in [4.69, 9.17) is 4.74 Å². The number of nitrogens with zero attached hydrogens (tertiary/aromatic N) is 3. The molecule has 11 heteroatoms. The minimum atomic E-state index is -0.340. The van der Waals surface area contributed by atoms with Gasteiger partial charge in [0.25, 0.3) is 0 Å². The van der Waals surface area contributed by atoms with Crippen molar-refractivity contribution in [1.82, 2.24) is 14.8 Å². The van der Waals surface area contributed by atoms with Crippen LogP contribution in [0, 0.1) is 3.57 Å². The maximum Gasteiger partial charge on any atom is 0.409 e. The van der Waals surface area contributed by atoms with E-state index in [2.05, 4.69) is 32.9 Å². The molecule has 0 aliphatic carbocycles. The largest absolute Gasteiger partial charge is 0.450 e. The van der Waals surface area contributed by atoms with Crippen molar-refractivity contribution in [2.45, 2.75) is 6.92 Å². The second kappa shape index (κ2) is 11.7. The third-order valence-corrected chi connectivity index (χ3v) is 6.90. The molecule has 1 aliphatic rings. The van der Waals surface area contributed by atoms with Crippen LogP contribution in [0.2, 0.25) is 0 Å². The second-order valence-corrected chi connectivity index (χ2v) is 9.74. The van der Waals surface area contributed by atoms with Crippen LogP contribution in [0.25, 0.3) is 11.3 Å². The van der Waals surface area contributed by atoms with Crippen molar-refractivity contribution in [2.75, 3.05) is 49.6 Å². The standard InChI is InChI=1S/C20H23IN4O4S2/c1-2-29-20(28)25-9-7-24(8-10-25)18(27)13-30-12-17(26)23-19-22-16(11-31-19)14-3-5-15(21)6-4-14/h3-6,11H,2,7-10,12-13H2,1H3,(H,22,23,26). The van der Waals surface area contributed by atoms with Gasteiger partial charge in [-0.3, -0.25) is 9.59 Å². The van der Waals surface area contributed by atoms with Gasteiger partial charge in [0, 0.05) is 40.7 Å². The van der Waals surface area contributed by atoms with Gasteiger partial charge in [0.2, 0.25) is 11.8 Å². The summed E-state index contributed by atoms with van der Waals surface area (Å²) in [6.45, 7) is 3.98. The SMILES string of the molecule is CCOC(=O)N1CCN(C(=O)CSCC(=O)Nc2nc(-c3ccc(I)cc3)cs2)CC1. The highest BCUT2D eigenvalue weighted by Gasteiger charge is 2.24. The smallest absolute Gasteiger partial charge is 0.409 e. The third kappa shape index (κ3) is 7.07. The van der Waals surface area contributed by atoms with Crippen molar-refractivity contribution in [2.24, 2.45) is 0 Å². The van der Waals surface area contributed by atoms with E-state index in [9.17, 15) is 14.4 Å². The van der Waals surface area contributed by atoms with Crippen molar-refractivity contribution in [1.29, 1.82) is 0 Å². The van der Waals surface area contributed by atoms with E-state index in [0.717, 1.165) is 14.8 Å². The molecule has 3 amide bonds. The Morgan fingerprint density at radius 3 is 2.48 bits per heavy atom. The van der Waals surface area contributed by atoms with Gasteiger partial charge in [0.15, 0.2) is 5.13 Å². The lowest BCUT2D eigenvalue weighted by molar-refractivity contribution is -0.129. The Morgan fingerprint density at radius 1 is 1.13 bits per heavy atom. The summed E-state index contributed by atoms with van der Waals surface area (Å²) in [4.78, 5) is 44.0. The molecule has 0 spiro atoms. The van der Waals surface area contributed by atoms with Crippen LogP contribution >= 0.6 is 45.7 Å². The summed E-state index contributed by atoms with van der Waals surface area (Å²) in [7, 11) is 0. The third-order valence-electron chi connectivity index (χ3n) is 4.51. The van der Waals surface area contributed by atoms with Gasteiger partial charge in [-0.25, -0.2) is 9.78 Å². The van der Waals surface area contributed by atoms with Crippen molar-refractivity contribution < 1.29 is 19.1 Å². The Hall–Kier alpha value is -1.86. The zero-order valence-corrected chi connectivity index (χ0v) is 20.8. The lowest BCUT2D eigenvalue weighted by Crippen LogP contribution is -2.51. The molecular formula is C20H23IN4O4S2. The van der Waals surface area contributed by atoms with Crippen molar-refractivity contribution in [3.05, 3.63) is 33.2 Å². The summed E-state index contributed by atoms with van der Waals surface area (Å²) in [5.41, 5.74) is 1.82. The first-order valence-electron chi connectivity index (χ1n) is 9.74. The molecule has 2 heterocycles. The molecule has 31 heavy (non-hydrogen) atoms. The molecule has 1 aliphatic heterocycles. The fraction of sp³-hybridized carbons (Fsp3) is 0.400. The summed E-state index contributed by atoms with van der Waals surface area (Å²) in [6, 6.07) is 8.02. The fourth-order valence-electron chi connectivity index (χ4n) is 2.92. The number of ether oxygens (including phenoxy) is 1. The first-order valence-corrected chi connectivity index (χ1v) is 12.9. The zero-order valence-electron chi connectivity index (χ0n) is 17.0. The molecule has 8 nitrogen and oxygen atoms in total. The first kappa shape index (κ1) is 23.8. The zero-order chi connectivity index (χ0) is 22.2. The predicted molar refractivity (Wildman–Crippen MR) is 131 cm³/mol. The van der Waals surface area contributed by atoms with Crippen LogP contribution in [0.15, 0.2) is 29.6 Å². The van der Waals surface area contributed by atoms with Gasteiger partial charge >= 0.3 is 6.09 Å². The van der Waals surface area contributed by atoms with Gasteiger partial charge in [0.05, 0.1) is 23.8 Å². The minimum absolute atomic E-state index is 0.0310. The summed E-state index contributed by atoms with van der Waals surface area (Å²) < 4.78 is 6.13. The number of hydrogen-bond donors (Lipinski definition) is 1. The van der Waals surface area contributed by atoms with Crippen LogP contribution in [0.1, 0.15) is 6.92 Å². The Balaban J connectivity index is 1.37. The Bertz CT molecular complexity index is 914. The van der Waals surface area contributed by atoms with E-state index in [1.54, 1.807) is 16.7 Å². The molecule has 0 saturated carbocycles. The van der Waals surface area contributed by atoms with Crippen molar-refractivity contribution in [3.63, 3.8) is 0 Å². The van der Waals surface area contributed by atoms with Gasteiger partial charge in [-0.15, -0.1) is 23.1 Å². The number of rotatable bonds is 7. The number of thiazole rings is 1. The number of anilines is 1. The molecule has 0 unspecified atom stereocenters. The summed E-state index contributed by atoms with van der Waals surface area (Å²) in [5, 5.41) is 5.24. The number of nitrogens with one attached hydrogen (secondary N) is 1. The fourth-order valence-corrected chi connectivity index (χ4v) is 4.73. The summed E-state index contributed by atoms with van der Waals surface area (Å²) >= 11 is 4.89. The number of amides is 3. The molecule has 166 valence electrons. The lowest BCUT2D eigenvalue weighted by Gasteiger charge is -2.34. The Kier molecular flexibility index (Phi) is 8.96. The topological polar surface area (TPSA) is 91.8 Å². The number of benzene rings is 1. The molecule has 0 atom stereocenters. The van der Waals surface area contributed by atoms with Crippen LogP contribution in [0.5, 0.6) is 0 Å². The number of thioether (sulfide) groups is 1. The molecule has 1 N–H and O–H groups in total. The van der Waals surface area contributed by atoms with Gasteiger partial charge in [-0.1, -0.05) is 12.1 Å². The lowest BCUT2D eigenvalue weighted by atomic mass is 10.2. The highest BCUT2D eigenvalue weighted by molar-refractivity contribution is 14.1. The molecule has 1 aromatic heterocycles. The average molecular weight is 574 g/mol. The number of piperazine rings is 1. The molecule has 1 saturated heterocycles. The molecular weight excluding hydrogens is 551 g/mol. The Labute approximate surface area is 202 Å². The van der Waals surface area contributed by atoms with Gasteiger partial charge < -0.3 is 19.9 Å². The molecule has 0 bridgehead atoms. The van der Waals surface area contributed by atoms with Crippen molar-refractivity contribution >= 4 is 68.7 Å². The Morgan fingerprint density at radius 2 is 1.81 bits per heavy atom. The van der Waals surface area contributed by atoms with Crippen LogP contribution in [-0.2, 0) is 14.3 Å². The first-order chi connectivity index (χ1) is 15.0. The average Bonchev–Trinajstić information content (AvgIpc) is 3.22. The summed E-state index contributed by atoms with van der Waals surface area (Å²) in [6.07, 6.45) is -0.340. The van der Waals surface area contributed by atoms with E-state index in [1.165, 1.54) is 23.1 Å². The number of hydrogen-bond acceptors (Lipinski definition) is 7. The van der Waals surface area contributed by atoms with Crippen LogP contribution in [-0.4, -0.2) is 77.0 Å². The van der Waals surface area contributed by atoms with Crippen LogP contribution in [0.4, 0.5) is 9.93 Å². The highest BCUT2D eigenvalue weighted by Crippen LogP contribution is 2.25.